The predicted molar refractivity (Wildman–Crippen MR) is 78.6 cm³/mol. The van der Waals surface area contributed by atoms with E-state index in [0.717, 1.165) is 12.1 Å². The van der Waals surface area contributed by atoms with Gasteiger partial charge < -0.3 is 5.32 Å². The lowest BCUT2D eigenvalue weighted by Crippen LogP contribution is -2.21. The van der Waals surface area contributed by atoms with Gasteiger partial charge in [0.15, 0.2) is 23.1 Å². The number of amides is 1. The highest BCUT2D eigenvalue weighted by atomic mass is 19.2. The van der Waals surface area contributed by atoms with Gasteiger partial charge in [-0.3, -0.25) is 4.79 Å². The first-order valence-electron chi connectivity index (χ1n) is 6.87. The second-order valence-electron chi connectivity index (χ2n) is 4.98. The van der Waals surface area contributed by atoms with Gasteiger partial charge in [0.05, 0.1) is 12.1 Å². The molecule has 2 heterocycles. The van der Waals surface area contributed by atoms with Crippen molar-refractivity contribution in [1.29, 1.82) is 0 Å². The molecule has 0 aliphatic heterocycles. The first-order valence-corrected chi connectivity index (χ1v) is 6.87. The molecule has 0 saturated heterocycles. The van der Waals surface area contributed by atoms with Crippen molar-refractivity contribution in [2.45, 2.75) is 13.3 Å². The molecule has 0 atom stereocenters. The molecule has 0 saturated carbocycles. The van der Waals surface area contributed by atoms with Crippen LogP contribution < -0.4 is 5.32 Å². The Labute approximate surface area is 130 Å². The molecular formula is C15H13F2N5O. The molecule has 0 spiro atoms. The monoisotopic (exact) mass is 317 g/mol. The van der Waals surface area contributed by atoms with Crippen LogP contribution in [0, 0.1) is 18.6 Å². The predicted octanol–water partition coefficient (Wildman–Crippen LogP) is 1.67. The van der Waals surface area contributed by atoms with E-state index in [9.17, 15) is 13.6 Å². The van der Waals surface area contributed by atoms with Crippen molar-refractivity contribution in [2.75, 3.05) is 7.05 Å². The first kappa shape index (κ1) is 15.0. The van der Waals surface area contributed by atoms with Crippen LogP contribution in [0.3, 0.4) is 0 Å². The van der Waals surface area contributed by atoms with Crippen molar-refractivity contribution in [3.8, 4) is 11.4 Å². The molecule has 1 N–H and O–H groups in total. The summed E-state index contributed by atoms with van der Waals surface area (Å²) < 4.78 is 28.1. The number of fused-ring (bicyclic) bond motifs is 1. The van der Waals surface area contributed by atoms with Gasteiger partial charge >= 0.3 is 0 Å². The average Bonchev–Trinajstić information content (AvgIpc) is 2.89. The molecule has 6 nitrogen and oxygen atoms in total. The maximum atomic E-state index is 13.5. The van der Waals surface area contributed by atoms with Gasteiger partial charge in [0.25, 0.3) is 0 Å². The highest BCUT2D eigenvalue weighted by molar-refractivity contribution is 5.78. The van der Waals surface area contributed by atoms with Gasteiger partial charge in [-0.15, -0.1) is 5.10 Å². The van der Waals surface area contributed by atoms with Crippen LogP contribution in [0.15, 0.2) is 24.3 Å². The summed E-state index contributed by atoms with van der Waals surface area (Å²) in [6.07, 6.45) is 0.0512. The van der Waals surface area contributed by atoms with Crippen molar-refractivity contribution in [2.24, 2.45) is 0 Å². The standard InChI is InChI=1S/C15H13F2N5O/c1-8-19-13-6-10(7-14(23)18-2)20-15(22(13)21-8)9-3-4-11(16)12(17)5-9/h3-6H,7H2,1-2H3,(H,18,23). The molecule has 0 unspecified atom stereocenters. The van der Waals surface area contributed by atoms with Gasteiger partial charge in [-0.2, -0.15) is 4.52 Å². The molecule has 23 heavy (non-hydrogen) atoms. The normalized spacial score (nSPS) is 11.0. The quantitative estimate of drug-likeness (QED) is 0.797. The Kier molecular flexibility index (Phi) is 3.73. The number of nitrogens with one attached hydrogen (secondary N) is 1. The van der Waals surface area contributed by atoms with Gasteiger partial charge in [0.2, 0.25) is 5.91 Å². The summed E-state index contributed by atoms with van der Waals surface area (Å²) in [5.74, 6) is -1.34. The van der Waals surface area contributed by atoms with Gasteiger partial charge in [0, 0.05) is 18.7 Å². The molecule has 0 aliphatic rings. The first-order chi connectivity index (χ1) is 11.0. The number of carbonyl (C=O) groups excluding carboxylic acids is 1. The minimum absolute atomic E-state index is 0.0512. The molecule has 3 rings (SSSR count). The van der Waals surface area contributed by atoms with E-state index in [4.69, 9.17) is 0 Å². The Morgan fingerprint density at radius 3 is 2.70 bits per heavy atom. The molecule has 8 heteroatoms. The fraction of sp³-hybridized carbons (Fsp3) is 0.200. The zero-order valence-corrected chi connectivity index (χ0v) is 12.5. The lowest BCUT2D eigenvalue weighted by molar-refractivity contribution is -0.120. The Bertz CT molecular complexity index is 906. The van der Waals surface area contributed by atoms with Crippen LogP contribution in [-0.4, -0.2) is 32.5 Å². The highest BCUT2D eigenvalue weighted by Gasteiger charge is 2.15. The average molecular weight is 317 g/mol. The number of rotatable bonds is 3. The lowest BCUT2D eigenvalue weighted by atomic mass is 10.2. The molecule has 118 valence electrons. The summed E-state index contributed by atoms with van der Waals surface area (Å²) >= 11 is 0. The van der Waals surface area contributed by atoms with Gasteiger partial charge in [-0.25, -0.2) is 18.7 Å². The van der Waals surface area contributed by atoms with Crippen LogP contribution in [-0.2, 0) is 11.2 Å². The van der Waals surface area contributed by atoms with Crippen molar-refractivity contribution >= 4 is 11.6 Å². The number of aromatic nitrogens is 4. The number of likely N-dealkylation sites (N-methyl/N-ethyl adjacent to an activating group) is 1. The Balaban J connectivity index is 2.20. The Morgan fingerprint density at radius 2 is 2.00 bits per heavy atom. The van der Waals surface area contributed by atoms with E-state index in [1.165, 1.54) is 17.6 Å². The van der Waals surface area contributed by atoms with Crippen molar-refractivity contribution in [3.63, 3.8) is 0 Å². The number of hydrogen-bond donors (Lipinski definition) is 1. The van der Waals surface area contributed by atoms with Gasteiger partial charge in [-0.05, 0) is 25.1 Å². The minimum atomic E-state index is -0.981. The third-order valence-electron chi connectivity index (χ3n) is 3.28. The van der Waals surface area contributed by atoms with E-state index in [-0.39, 0.29) is 12.3 Å². The number of halogens is 2. The van der Waals surface area contributed by atoms with E-state index >= 15 is 0 Å². The lowest BCUT2D eigenvalue weighted by Gasteiger charge is -2.07. The summed E-state index contributed by atoms with van der Waals surface area (Å²) in [7, 11) is 1.53. The molecule has 0 bridgehead atoms. The SMILES string of the molecule is CNC(=O)Cc1cc2nc(C)nn2c(-c2ccc(F)c(F)c2)n1. The maximum Gasteiger partial charge on any atom is 0.225 e. The van der Waals surface area contributed by atoms with E-state index in [1.54, 1.807) is 13.0 Å². The molecule has 2 aromatic heterocycles. The zero-order chi connectivity index (χ0) is 16.6. The number of benzene rings is 1. The van der Waals surface area contributed by atoms with Crippen LogP contribution in [0.4, 0.5) is 8.78 Å². The van der Waals surface area contributed by atoms with Gasteiger partial charge in [-0.1, -0.05) is 0 Å². The van der Waals surface area contributed by atoms with E-state index in [2.05, 4.69) is 20.4 Å². The topological polar surface area (TPSA) is 72.2 Å². The molecule has 3 aromatic rings. The van der Waals surface area contributed by atoms with E-state index in [0.29, 0.717) is 28.6 Å². The van der Waals surface area contributed by atoms with Crippen molar-refractivity contribution in [1.82, 2.24) is 24.9 Å². The number of carbonyl (C=O) groups is 1. The molecule has 0 radical (unpaired) electrons. The molecule has 1 amide bonds. The molecular weight excluding hydrogens is 304 g/mol. The third-order valence-corrected chi connectivity index (χ3v) is 3.28. The number of nitrogens with zero attached hydrogens (tertiary/aromatic N) is 4. The third kappa shape index (κ3) is 2.87. The Morgan fingerprint density at radius 1 is 1.22 bits per heavy atom. The molecule has 0 fully saturated rings. The summed E-state index contributed by atoms with van der Waals surface area (Å²) in [6, 6.07) is 5.10. The van der Waals surface area contributed by atoms with Crippen LogP contribution in [0.2, 0.25) is 0 Å². The zero-order valence-electron chi connectivity index (χ0n) is 12.5. The molecule has 0 aliphatic carbocycles. The van der Waals surface area contributed by atoms with Crippen LogP contribution in [0.1, 0.15) is 11.5 Å². The summed E-state index contributed by atoms with van der Waals surface area (Å²) in [5.41, 5.74) is 1.29. The van der Waals surface area contributed by atoms with Crippen molar-refractivity contribution < 1.29 is 13.6 Å². The number of aryl methyl sites for hydroxylation is 1. The largest absolute Gasteiger partial charge is 0.359 e. The van der Waals surface area contributed by atoms with Crippen LogP contribution >= 0.6 is 0 Å². The highest BCUT2D eigenvalue weighted by Crippen LogP contribution is 2.21. The number of hydrogen-bond acceptors (Lipinski definition) is 4. The second kappa shape index (κ2) is 5.71. The minimum Gasteiger partial charge on any atom is -0.359 e. The summed E-state index contributed by atoms with van der Waals surface area (Å²) in [6.45, 7) is 1.71. The van der Waals surface area contributed by atoms with E-state index in [1.807, 2.05) is 0 Å². The van der Waals surface area contributed by atoms with Gasteiger partial charge in [0.1, 0.15) is 5.82 Å². The fourth-order valence-corrected chi connectivity index (χ4v) is 2.21. The van der Waals surface area contributed by atoms with Crippen LogP contribution in [0.25, 0.3) is 17.0 Å². The fourth-order valence-electron chi connectivity index (χ4n) is 2.21. The van der Waals surface area contributed by atoms with E-state index < -0.39 is 11.6 Å². The van der Waals surface area contributed by atoms with Crippen LogP contribution in [0.5, 0.6) is 0 Å². The maximum absolute atomic E-state index is 13.5. The summed E-state index contributed by atoms with van der Waals surface area (Å²) in [4.78, 5) is 20.2. The Hall–Kier alpha value is -2.90. The van der Waals surface area contributed by atoms with Crippen molar-refractivity contribution in [3.05, 3.63) is 47.4 Å². The second-order valence-corrected chi connectivity index (χ2v) is 4.98. The summed E-state index contributed by atoms with van der Waals surface area (Å²) in [5, 5.41) is 6.72. The smallest absolute Gasteiger partial charge is 0.225 e. The molecule has 1 aromatic carbocycles.